The second-order valence-electron chi connectivity index (χ2n) is 6.12. The first kappa shape index (κ1) is 18.7. The Balaban J connectivity index is 1.43. The summed E-state index contributed by atoms with van der Waals surface area (Å²) >= 11 is 0. The van der Waals surface area contributed by atoms with Crippen molar-refractivity contribution in [1.82, 2.24) is 20.6 Å². The lowest BCUT2D eigenvalue weighted by molar-refractivity contribution is 0.0491. The number of piperazine rings is 1. The molecular weight excluding hydrogens is 304 g/mol. The van der Waals surface area contributed by atoms with Gasteiger partial charge in [0, 0.05) is 32.7 Å². The summed E-state index contributed by atoms with van der Waals surface area (Å²) in [5.74, 6) is 0. The van der Waals surface area contributed by atoms with Crippen LogP contribution in [0.2, 0.25) is 0 Å². The maximum Gasteiger partial charge on any atom is 0.338 e. The lowest BCUT2D eigenvalue weighted by atomic mass is 10.2. The molecule has 0 atom stereocenters. The first-order valence-corrected chi connectivity index (χ1v) is 8.92. The lowest BCUT2D eigenvalue weighted by Crippen LogP contribution is -2.46. The summed E-state index contributed by atoms with van der Waals surface area (Å²) in [4.78, 5) is 21.8. The molecule has 1 aromatic carbocycles. The number of hydrogen-bond acceptors (Lipinski definition) is 4. The number of hydroxylamine groups is 1. The third kappa shape index (κ3) is 7.29. The van der Waals surface area contributed by atoms with Crippen LogP contribution in [0.15, 0.2) is 30.3 Å². The maximum atomic E-state index is 11.6. The van der Waals surface area contributed by atoms with Gasteiger partial charge >= 0.3 is 6.03 Å². The van der Waals surface area contributed by atoms with Gasteiger partial charge in [-0.1, -0.05) is 37.3 Å². The third-order valence-electron chi connectivity index (χ3n) is 4.35. The largest absolute Gasteiger partial charge is 0.338 e. The summed E-state index contributed by atoms with van der Waals surface area (Å²) < 4.78 is 0. The average Bonchev–Trinajstić information content (AvgIpc) is 2.63. The molecule has 24 heavy (non-hydrogen) atoms. The zero-order valence-corrected chi connectivity index (χ0v) is 14.7. The number of rotatable bonds is 9. The summed E-state index contributed by atoms with van der Waals surface area (Å²) in [6.45, 7) is 10.2. The van der Waals surface area contributed by atoms with E-state index in [4.69, 9.17) is 4.84 Å². The number of urea groups is 1. The molecule has 0 bridgehead atoms. The van der Waals surface area contributed by atoms with E-state index in [1.54, 1.807) is 0 Å². The van der Waals surface area contributed by atoms with E-state index >= 15 is 0 Å². The van der Waals surface area contributed by atoms with Crippen molar-refractivity contribution >= 4 is 6.03 Å². The molecule has 0 aromatic heterocycles. The molecule has 1 fully saturated rings. The Morgan fingerprint density at radius 3 is 2.50 bits per heavy atom. The highest BCUT2D eigenvalue weighted by molar-refractivity contribution is 5.72. The number of unbranched alkanes of at least 4 members (excludes halogenated alkanes) is 1. The van der Waals surface area contributed by atoms with Crippen LogP contribution in [0.1, 0.15) is 25.3 Å². The smallest absolute Gasteiger partial charge is 0.336 e. The van der Waals surface area contributed by atoms with E-state index in [1.165, 1.54) is 13.1 Å². The second-order valence-corrected chi connectivity index (χ2v) is 6.12. The van der Waals surface area contributed by atoms with Gasteiger partial charge in [0.1, 0.15) is 0 Å². The first-order valence-electron chi connectivity index (χ1n) is 8.92. The number of nitrogens with one attached hydrogen (secondary N) is 2. The van der Waals surface area contributed by atoms with Crippen LogP contribution in [0.4, 0.5) is 4.79 Å². The van der Waals surface area contributed by atoms with Crippen molar-refractivity contribution in [1.29, 1.82) is 0 Å². The Labute approximate surface area is 145 Å². The van der Waals surface area contributed by atoms with Gasteiger partial charge in [0.25, 0.3) is 0 Å². The molecule has 2 rings (SSSR count). The standard InChI is InChI=1S/C18H30N4O2/c1-2-21-12-14-22(15-13-21)11-7-6-10-19-18(23)20-24-16-17-8-4-3-5-9-17/h3-5,8-9H,2,6-7,10-16H2,1H3,(H2,19,20,23). The van der Waals surface area contributed by atoms with Crippen molar-refractivity contribution in [2.24, 2.45) is 0 Å². The van der Waals surface area contributed by atoms with Gasteiger partial charge in [-0.3, -0.25) is 4.84 Å². The van der Waals surface area contributed by atoms with E-state index in [0.29, 0.717) is 13.2 Å². The van der Waals surface area contributed by atoms with Gasteiger partial charge in [0.05, 0.1) is 6.61 Å². The van der Waals surface area contributed by atoms with E-state index in [0.717, 1.165) is 44.6 Å². The summed E-state index contributed by atoms with van der Waals surface area (Å²) in [5.41, 5.74) is 3.45. The predicted molar refractivity (Wildman–Crippen MR) is 95.6 cm³/mol. The molecule has 2 N–H and O–H groups in total. The van der Waals surface area contributed by atoms with Gasteiger partial charge in [0.2, 0.25) is 0 Å². The molecule has 1 aliphatic rings. The van der Waals surface area contributed by atoms with E-state index in [-0.39, 0.29) is 6.03 Å². The molecule has 0 saturated carbocycles. The Morgan fingerprint density at radius 2 is 1.79 bits per heavy atom. The van der Waals surface area contributed by atoms with Gasteiger partial charge in [-0.2, -0.15) is 0 Å². The van der Waals surface area contributed by atoms with E-state index in [1.807, 2.05) is 30.3 Å². The molecule has 0 unspecified atom stereocenters. The fraction of sp³-hybridized carbons (Fsp3) is 0.611. The molecule has 6 nitrogen and oxygen atoms in total. The third-order valence-corrected chi connectivity index (χ3v) is 4.35. The van der Waals surface area contributed by atoms with Crippen molar-refractivity contribution in [3.8, 4) is 0 Å². The Kier molecular flexibility index (Phi) is 8.59. The molecular formula is C18H30N4O2. The number of carbonyl (C=O) groups is 1. The molecule has 134 valence electrons. The van der Waals surface area contributed by atoms with Crippen LogP contribution < -0.4 is 10.8 Å². The average molecular weight is 334 g/mol. The number of hydrogen-bond donors (Lipinski definition) is 2. The SMILES string of the molecule is CCN1CCN(CCCCNC(=O)NOCc2ccccc2)CC1. The van der Waals surface area contributed by atoms with Crippen LogP contribution in [0.3, 0.4) is 0 Å². The molecule has 6 heteroatoms. The molecule has 0 radical (unpaired) electrons. The highest BCUT2D eigenvalue weighted by Crippen LogP contribution is 2.03. The lowest BCUT2D eigenvalue weighted by Gasteiger charge is -2.33. The molecule has 0 spiro atoms. The Bertz CT molecular complexity index is 461. The highest BCUT2D eigenvalue weighted by Gasteiger charge is 2.14. The minimum atomic E-state index is -0.275. The van der Waals surface area contributed by atoms with Crippen molar-refractivity contribution < 1.29 is 9.63 Å². The number of carbonyl (C=O) groups excluding carboxylic acids is 1. The van der Waals surface area contributed by atoms with Gasteiger partial charge in [0.15, 0.2) is 0 Å². The molecule has 1 aliphatic heterocycles. The summed E-state index contributed by atoms with van der Waals surface area (Å²) in [6.07, 6.45) is 2.09. The second kappa shape index (κ2) is 11.0. The quantitative estimate of drug-likeness (QED) is 0.534. The van der Waals surface area contributed by atoms with Crippen LogP contribution in [0, 0.1) is 0 Å². The van der Waals surface area contributed by atoms with Gasteiger partial charge < -0.3 is 15.1 Å². The highest BCUT2D eigenvalue weighted by atomic mass is 16.7. The topological polar surface area (TPSA) is 56.8 Å². The van der Waals surface area contributed by atoms with Gasteiger partial charge in [-0.15, -0.1) is 0 Å². The normalized spacial score (nSPS) is 16.0. The van der Waals surface area contributed by atoms with Crippen molar-refractivity contribution in [2.45, 2.75) is 26.4 Å². The van der Waals surface area contributed by atoms with Gasteiger partial charge in [-0.25, -0.2) is 10.3 Å². The number of likely N-dealkylation sites (N-methyl/N-ethyl adjacent to an activating group) is 1. The van der Waals surface area contributed by atoms with Crippen molar-refractivity contribution in [3.05, 3.63) is 35.9 Å². The maximum absolute atomic E-state index is 11.6. The fourth-order valence-electron chi connectivity index (χ4n) is 2.79. The molecule has 2 amide bonds. The monoisotopic (exact) mass is 334 g/mol. The van der Waals surface area contributed by atoms with Gasteiger partial charge in [-0.05, 0) is 31.5 Å². The Hall–Kier alpha value is -1.63. The van der Waals surface area contributed by atoms with E-state index in [2.05, 4.69) is 27.5 Å². The van der Waals surface area contributed by atoms with Crippen LogP contribution in [0.25, 0.3) is 0 Å². The minimum absolute atomic E-state index is 0.275. The Morgan fingerprint density at radius 1 is 1.08 bits per heavy atom. The van der Waals surface area contributed by atoms with Crippen LogP contribution >= 0.6 is 0 Å². The van der Waals surface area contributed by atoms with Crippen molar-refractivity contribution in [3.63, 3.8) is 0 Å². The fourth-order valence-corrected chi connectivity index (χ4v) is 2.79. The molecule has 0 aliphatic carbocycles. The zero-order valence-electron chi connectivity index (χ0n) is 14.7. The van der Waals surface area contributed by atoms with Crippen LogP contribution in [-0.2, 0) is 11.4 Å². The number of nitrogens with zero attached hydrogens (tertiary/aromatic N) is 2. The first-order chi connectivity index (χ1) is 11.8. The molecule has 1 heterocycles. The zero-order chi connectivity index (χ0) is 17.0. The van der Waals surface area contributed by atoms with Crippen LogP contribution in [-0.4, -0.2) is 61.6 Å². The summed E-state index contributed by atoms with van der Waals surface area (Å²) in [6, 6.07) is 9.48. The van der Waals surface area contributed by atoms with E-state index in [9.17, 15) is 4.79 Å². The molecule has 1 aromatic rings. The van der Waals surface area contributed by atoms with Crippen LogP contribution in [0.5, 0.6) is 0 Å². The number of amides is 2. The summed E-state index contributed by atoms with van der Waals surface area (Å²) in [7, 11) is 0. The number of benzene rings is 1. The van der Waals surface area contributed by atoms with E-state index < -0.39 is 0 Å². The summed E-state index contributed by atoms with van der Waals surface area (Å²) in [5, 5.41) is 2.82. The molecule has 1 saturated heterocycles. The predicted octanol–water partition coefficient (Wildman–Crippen LogP) is 1.84. The minimum Gasteiger partial charge on any atom is -0.336 e. The van der Waals surface area contributed by atoms with Crippen molar-refractivity contribution in [2.75, 3.05) is 45.8 Å².